The third-order valence-electron chi connectivity index (χ3n) is 3.66. The van der Waals surface area contributed by atoms with Crippen LogP contribution in [-0.4, -0.2) is 23.1 Å². The topological polar surface area (TPSA) is 71.5 Å². The first-order chi connectivity index (χ1) is 12.0. The van der Waals surface area contributed by atoms with E-state index in [1.165, 1.54) is 11.3 Å². The van der Waals surface area contributed by atoms with Crippen molar-refractivity contribution in [2.24, 2.45) is 0 Å². The highest BCUT2D eigenvalue weighted by Gasteiger charge is 2.11. The minimum absolute atomic E-state index is 0.0520. The average Bonchev–Trinajstić information content (AvgIpc) is 3.06. The number of nitrogens with one attached hydrogen (secondary N) is 1. The summed E-state index contributed by atoms with van der Waals surface area (Å²) in [4.78, 5) is 16.7. The SMILES string of the molecule is COc1ccc(-c2nc(CC(=O)Nc3cc(C)ccc3O)cs2)cc1. The van der Waals surface area contributed by atoms with E-state index >= 15 is 0 Å². The van der Waals surface area contributed by atoms with Crippen LogP contribution < -0.4 is 10.1 Å². The number of anilines is 1. The summed E-state index contributed by atoms with van der Waals surface area (Å²) in [6.07, 6.45) is 0.153. The molecule has 0 bridgehead atoms. The predicted octanol–water partition coefficient (Wildman–Crippen LogP) is 4.01. The third kappa shape index (κ3) is 4.16. The van der Waals surface area contributed by atoms with Crippen LogP contribution in [0.1, 0.15) is 11.3 Å². The second-order valence-corrected chi connectivity index (χ2v) is 6.48. The van der Waals surface area contributed by atoms with Crippen LogP contribution in [0.4, 0.5) is 5.69 Å². The van der Waals surface area contributed by atoms with Gasteiger partial charge < -0.3 is 15.2 Å². The van der Waals surface area contributed by atoms with Gasteiger partial charge in [-0.3, -0.25) is 4.79 Å². The number of rotatable bonds is 5. The number of nitrogens with zero attached hydrogens (tertiary/aromatic N) is 1. The van der Waals surface area contributed by atoms with Crippen LogP contribution in [0.15, 0.2) is 47.8 Å². The molecule has 128 valence electrons. The van der Waals surface area contributed by atoms with Gasteiger partial charge in [-0.05, 0) is 48.9 Å². The number of aromatic nitrogens is 1. The molecule has 1 aromatic heterocycles. The number of amides is 1. The standard InChI is InChI=1S/C19H18N2O3S/c1-12-3-8-17(22)16(9-12)21-18(23)10-14-11-25-19(20-14)13-4-6-15(24-2)7-5-13/h3-9,11,22H,10H2,1-2H3,(H,21,23). The van der Waals surface area contributed by atoms with Crippen molar-refractivity contribution < 1.29 is 14.6 Å². The summed E-state index contributed by atoms with van der Waals surface area (Å²) in [5.41, 5.74) is 3.05. The van der Waals surface area contributed by atoms with Gasteiger partial charge in [-0.1, -0.05) is 6.07 Å². The summed E-state index contributed by atoms with van der Waals surface area (Å²) >= 11 is 1.49. The molecule has 0 saturated heterocycles. The Kier molecular flexibility index (Phi) is 5.00. The highest BCUT2D eigenvalue weighted by molar-refractivity contribution is 7.13. The molecule has 3 aromatic rings. The highest BCUT2D eigenvalue weighted by atomic mass is 32.1. The number of carbonyl (C=O) groups is 1. The zero-order chi connectivity index (χ0) is 17.8. The number of hydrogen-bond donors (Lipinski definition) is 2. The molecule has 5 nitrogen and oxygen atoms in total. The molecule has 25 heavy (non-hydrogen) atoms. The number of thiazole rings is 1. The number of carbonyl (C=O) groups excluding carboxylic acids is 1. The highest BCUT2D eigenvalue weighted by Crippen LogP contribution is 2.27. The Balaban J connectivity index is 1.68. The molecule has 0 atom stereocenters. The summed E-state index contributed by atoms with van der Waals surface area (Å²) in [5.74, 6) is 0.626. The molecule has 2 N–H and O–H groups in total. The van der Waals surface area contributed by atoms with Gasteiger partial charge in [-0.15, -0.1) is 11.3 Å². The van der Waals surface area contributed by atoms with E-state index in [2.05, 4.69) is 10.3 Å². The molecular weight excluding hydrogens is 336 g/mol. The lowest BCUT2D eigenvalue weighted by molar-refractivity contribution is -0.115. The fraction of sp³-hybridized carbons (Fsp3) is 0.158. The van der Waals surface area contributed by atoms with Crippen LogP contribution in [0.5, 0.6) is 11.5 Å². The summed E-state index contributed by atoms with van der Waals surface area (Å²) in [6.45, 7) is 1.90. The number of methoxy groups -OCH3 is 1. The van der Waals surface area contributed by atoms with Gasteiger partial charge in [-0.2, -0.15) is 0 Å². The fourth-order valence-electron chi connectivity index (χ4n) is 2.36. The second-order valence-electron chi connectivity index (χ2n) is 5.62. The molecule has 0 fully saturated rings. The van der Waals surface area contributed by atoms with Crippen molar-refractivity contribution in [3.63, 3.8) is 0 Å². The van der Waals surface area contributed by atoms with E-state index in [9.17, 15) is 9.90 Å². The minimum Gasteiger partial charge on any atom is -0.506 e. The van der Waals surface area contributed by atoms with Gasteiger partial charge in [0, 0.05) is 10.9 Å². The van der Waals surface area contributed by atoms with Crippen LogP contribution >= 0.6 is 11.3 Å². The molecule has 6 heteroatoms. The van der Waals surface area contributed by atoms with Crippen molar-refractivity contribution in [2.75, 3.05) is 12.4 Å². The van der Waals surface area contributed by atoms with Gasteiger partial charge in [0.05, 0.1) is 24.9 Å². The molecule has 0 unspecified atom stereocenters. The Morgan fingerprint density at radius 3 is 2.72 bits per heavy atom. The number of benzene rings is 2. The van der Waals surface area contributed by atoms with Crippen molar-refractivity contribution in [1.82, 2.24) is 4.98 Å². The van der Waals surface area contributed by atoms with Crippen LogP contribution in [0.3, 0.4) is 0 Å². The van der Waals surface area contributed by atoms with Crippen molar-refractivity contribution in [3.8, 4) is 22.1 Å². The van der Waals surface area contributed by atoms with E-state index in [0.29, 0.717) is 11.4 Å². The van der Waals surface area contributed by atoms with E-state index in [-0.39, 0.29) is 18.1 Å². The molecule has 0 aliphatic carbocycles. The molecule has 2 aromatic carbocycles. The van der Waals surface area contributed by atoms with Crippen molar-refractivity contribution in [3.05, 3.63) is 59.1 Å². The van der Waals surface area contributed by atoms with Crippen molar-refractivity contribution in [2.45, 2.75) is 13.3 Å². The molecule has 1 amide bonds. The first-order valence-corrected chi connectivity index (χ1v) is 8.61. The van der Waals surface area contributed by atoms with Crippen LogP contribution in [-0.2, 0) is 11.2 Å². The van der Waals surface area contributed by atoms with Crippen LogP contribution in [0.2, 0.25) is 0 Å². The lowest BCUT2D eigenvalue weighted by Crippen LogP contribution is -2.14. The van der Waals surface area contributed by atoms with Crippen molar-refractivity contribution >= 4 is 22.9 Å². The van der Waals surface area contributed by atoms with Gasteiger partial charge in [0.1, 0.15) is 16.5 Å². The molecular formula is C19H18N2O3S. The maximum atomic E-state index is 12.2. The van der Waals surface area contributed by atoms with Gasteiger partial charge in [-0.25, -0.2) is 4.98 Å². The lowest BCUT2D eigenvalue weighted by atomic mass is 10.2. The van der Waals surface area contributed by atoms with Crippen molar-refractivity contribution in [1.29, 1.82) is 0 Å². The zero-order valence-electron chi connectivity index (χ0n) is 13.9. The molecule has 1 heterocycles. The Labute approximate surface area is 149 Å². The number of ether oxygens (including phenoxy) is 1. The minimum atomic E-state index is -0.215. The number of aromatic hydroxyl groups is 1. The molecule has 0 aliphatic heterocycles. The number of phenolic OH excluding ortho intramolecular Hbond substituents is 1. The Morgan fingerprint density at radius 2 is 2.00 bits per heavy atom. The second kappa shape index (κ2) is 7.36. The number of hydrogen-bond acceptors (Lipinski definition) is 5. The monoisotopic (exact) mass is 354 g/mol. The van der Waals surface area contributed by atoms with Gasteiger partial charge in [0.2, 0.25) is 5.91 Å². The summed E-state index contributed by atoms with van der Waals surface area (Å²) < 4.78 is 5.15. The van der Waals surface area contributed by atoms with Crippen LogP contribution in [0.25, 0.3) is 10.6 Å². The fourth-order valence-corrected chi connectivity index (χ4v) is 3.19. The molecule has 0 saturated carbocycles. The van der Waals surface area contributed by atoms with E-state index in [4.69, 9.17) is 4.74 Å². The molecule has 0 spiro atoms. The maximum Gasteiger partial charge on any atom is 0.230 e. The summed E-state index contributed by atoms with van der Waals surface area (Å²) in [7, 11) is 1.63. The lowest BCUT2D eigenvalue weighted by Gasteiger charge is -2.07. The van der Waals surface area contributed by atoms with E-state index in [1.54, 1.807) is 25.3 Å². The summed E-state index contributed by atoms with van der Waals surface area (Å²) in [5, 5.41) is 15.3. The largest absolute Gasteiger partial charge is 0.506 e. The first-order valence-electron chi connectivity index (χ1n) is 7.73. The zero-order valence-corrected chi connectivity index (χ0v) is 14.8. The predicted molar refractivity (Wildman–Crippen MR) is 99.3 cm³/mol. The smallest absolute Gasteiger partial charge is 0.230 e. The average molecular weight is 354 g/mol. The van der Waals surface area contributed by atoms with Gasteiger partial charge in [0.25, 0.3) is 0 Å². The Morgan fingerprint density at radius 1 is 1.24 bits per heavy atom. The quantitative estimate of drug-likeness (QED) is 0.679. The number of phenols is 1. The molecule has 3 rings (SSSR count). The first kappa shape index (κ1) is 17.0. The number of aryl methyl sites for hydroxylation is 1. The van der Waals surface area contributed by atoms with E-state index < -0.39 is 0 Å². The third-order valence-corrected chi connectivity index (χ3v) is 4.60. The summed E-state index contributed by atoms with van der Waals surface area (Å²) in [6, 6.07) is 12.7. The van der Waals surface area contributed by atoms with Gasteiger partial charge >= 0.3 is 0 Å². The van der Waals surface area contributed by atoms with E-state index in [1.807, 2.05) is 36.6 Å². The van der Waals surface area contributed by atoms with E-state index in [0.717, 1.165) is 21.9 Å². The van der Waals surface area contributed by atoms with Crippen LogP contribution in [0, 0.1) is 6.92 Å². The Bertz CT molecular complexity index is 888. The molecule has 0 radical (unpaired) electrons. The Hall–Kier alpha value is -2.86. The van der Waals surface area contributed by atoms with Gasteiger partial charge in [0.15, 0.2) is 0 Å². The normalized spacial score (nSPS) is 10.5. The molecule has 0 aliphatic rings. The maximum absolute atomic E-state index is 12.2.